The number of anilines is 1. The zero-order chi connectivity index (χ0) is 14.4. The van der Waals surface area contributed by atoms with Gasteiger partial charge >= 0.3 is 0 Å². The molecule has 2 aromatic rings. The SMILES string of the molecule is Cc1nc(N)c2c(C)c(C)n(C3CCCCC3C)c2n1. The van der Waals surface area contributed by atoms with Gasteiger partial charge < -0.3 is 10.3 Å². The lowest BCUT2D eigenvalue weighted by atomic mass is 9.85. The number of hydrogen-bond acceptors (Lipinski definition) is 3. The minimum Gasteiger partial charge on any atom is -0.383 e. The maximum atomic E-state index is 6.14. The Kier molecular flexibility index (Phi) is 3.19. The molecular formula is C16H24N4. The third-order valence-corrected chi connectivity index (χ3v) is 4.93. The van der Waals surface area contributed by atoms with Crippen LogP contribution in [0.4, 0.5) is 5.82 Å². The highest BCUT2D eigenvalue weighted by atomic mass is 15.1. The maximum absolute atomic E-state index is 6.14. The second-order valence-corrected chi connectivity index (χ2v) is 6.26. The molecule has 4 nitrogen and oxygen atoms in total. The minimum atomic E-state index is 0.550. The van der Waals surface area contributed by atoms with Gasteiger partial charge in [-0.3, -0.25) is 0 Å². The molecule has 0 radical (unpaired) electrons. The van der Waals surface area contributed by atoms with Crippen LogP contribution in [-0.4, -0.2) is 14.5 Å². The second kappa shape index (κ2) is 4.76. The molecule has 0 bridgehead atoms. The molecule has 2 N–H and O–H groups in total. The average Bonchev–Trinajstić information content (AvgIpc) is 2.63. The van der Waals surface area contributed by atoms with Crippen LogP contribution < -0.4 is 5.73 Å². The topological polar surface area (TPSA) is 56.7 Å². The zero-order valence-corrected chi connectivity index (χ0v) is 12.9. The summed E-state index contributed by atoms with van der Waals surface area (Å²) in [5.74, 6) is 2.08. The van der Waals surface area contributed by atoms with E-state index in [1.807, 2.05) is 6.92 Å². The van der Waals surface area contributed by atoms with E-state index in [0.29, 0.717) is 17.8 Å². The fourth-order valence-corrected chi connectivity index (χ4v) is 3.72. The number of nitrogens with two attached hydrogens (primary N) is 1. The van der Waals surface area contributed by atoms with Crippen LogP contribution in [0, 0.1) is 26.7 Å². The van der Waals surface area contributed by atoms with Gasteiger partial charge in [0, 0.05) is 11.7 Å². The van der Waals surface area contributed by atoms with Gasteiger partial charge in [-0.1, -0.05) is 19.8 Å². The maximum Gasteiger partial charge on any atom is 0.146 e. The monoisotopic (exact) mass is 272 g/mol. The summed E-state index contributed by atoms with van der Waals surface area (Å²) in [6, 6.07) is 0.550. The number of nitrogens with zero attached hydrogens (tertiary/aromatic N) is 3. The van der Waals surface area contributed by atoms with Crippen LogP contribution >= 0.6 is 0 Å². The summed E-state index contributed by atoms with van der Waals surface area (Å²) in [7, 11) is 0. The normalized spacial score (nSPS) is 23.4. The summed E-state index contributed by atoms with van der Waals surface area (Å²) in [5, 5.41) is 1.05. The average molecular weight is 272 g/mol. The van der Waals surface area contributed by atoms with E-state index in [9.17, 15) is 0 Å². The van der Waals surface area contributed by atoms with E-state index in [0.717, 1.165) is 16.9 Å². The van der Waals surface area contributed by atoms with Crippen LogP contribution in [-0.2, 0) is 0 Å². The van der Waals surface area contributed by atoms with E-state index in [1.54, 1.807) is 0 Å². The van der Waals surface area contributed by atoms with Crippen molar-refractivity contribution in [3.8, 4) is 0 Å². The molecule has 2 unspecified atom stereocenters. The van der Waals surface area contributed by atoms with Crippen LogP contribution in [0.3, 0.4) is 0 Å². The number of rotatable bonds is 1. The molecule has 2 heterocycles. The summed E-state index contributed by atoms with van der Waals surface area (Å²) in [4.78, 5) is 9.03. The molecule has 3 rings (SSSR count). The Morgan fingerprint density at radius 1 is 1.10 bits per heavy atom. The molecule has 0 saturated heterocycles. The third-order valence-electron chi connectivity index (χ3n) is 4.93. The van der Waals surface area contributed by atoms with Gasteiger partial charge in [0.05, 0.1) is 5.39 Å². The van der Waals surface area contributed by atoms with Gasteiger partial charge in [-0.25, -0.2) is 9.97 Å². The Morgan fingerprint density at radius 3 is 2.50 bits per heavy atom. The molecule has 2 aromatic heterocycles. The third kappa shape index (κ3) is 1.89. The number of aryl methyl sites for hydroxylation is 2. The molecule has 108 valence electrons. The highest BCUT2D eigenvalue weighted by Gasteiger charge is 2.27. The first-order chi connectivity index (χ1) is 9.50. The summed E-state index contributed by atoms with van der Waals surface area (Å²) in [6.45, 7) is 8.60. The lowest BCUT2D eigenvalue weighted by Gasteiger charge is -2.31. The van der Waals surface area contributed by atoms with Gasteiger partial charge in [-0.15, -0.1) is 0 Å². The molecule has 1 aliphatic carbocycles. The van der Waals surface area contributed by atoms with Crippen LogP contribution in [0.1, 0.15) is 55.7 Å². The molecule has 20 heavy (non-hydrogen) atoms. The van der Waals surface area contributed by atoms with Crippen LogP contribution in [0.2, 0.25) is 0 Å². The standard InChI is InChI=1S/C16H24N4/c1-9-7-5-6-8-13(9)20-11(3)10(2)14-15(17)18-12(4)19-16(14)20/h9,13H,5-8H2,1-4H3,(H2,17,18,19). The summed E-state index contributed by atoms with van der Waals surface area (Å²) in [5.41, 5.74) is 9.70. The molecule has 2 atom stereocenters. The Morgan fingerprint density at radius 2 is 1.80 bits per heavy atom. The summed E-state index contributed by atoms with van der Waals surface area (Å²) < 4.78 is 2.43. The van der Waals surface area contributed by atoms with Crippen molar-refractivity contribution in [1.82, 2.24) is 14.5 Å². The first-order valence-corrected chi connectivity index (χ1v) is 7.62. The zero-order valence-electron chi connectivity index (χ0n) is 12.9. The van der Waals surface area contributed by atoms with E-state index in [-0.39, 0.29) is 0 Å². The Hall–Kier alpha value is -1.58. The molecule has 1 saturated carbocycles. The predicted molar refractivity (Wildman–Crippen MR) is 82.8 cm³/mol. The van der Waals surface area contributed by atoms with Crippen molar-refractivity contribution >= 4 is 16.9 Å². The van der Waals surface area contributed by atoms with Crippen molar-refractivity contribution in [2.75, 3.05) is 5.73 Å². The van der Waals surface area contributed by atoms with Crippen molar-refractivity contribution < 1.29 is 0 Å². The van der Waals surface area contributed by atoms with Crippen molar-refractivity contribution in [2.24, 2.45) is 5.92 Å². The molecule has 1 fully saturated rings. The molecule has 0 amide bonds. The lowest BCUT2D eigenvalue weighted by Crippen LogP contribution is -2.22. The van der Waals surface area contributed by atoms with Crippen molar-refractivity contribution in [2.45, 2.75) is 59.4 Å². The van der Waals surface area contributed by atoms with E-state index in [1.165, 1.54) is 36.9 Å². The highest BCUT2D eigenvalue weighted by Crippen LogP contribution is 2.39. The fraction of sp³-hybridized carbons (Fsp3) is 0.625. The summed E-state index contributed by atoms with van der Waals surface area (Å²) >= 11 is 0. The smallest absolute Gasteiger partial charge is 0.146 e. The largest absolute Gasteiger partial charge is 0.383 e. The first-order valence-electron chi connectivity index (χ1n) is 7.62. The number of hydrogen-bond donors (Lipinski definition) is 1. The van der Waals surface area contributed by atoms with Crippen molar-refractivity contribution in [1.29, 1.82) is 0 Å². The molecule has 4 heteroatoms. The van der Waals surface area contributed by atoms with E-state index >= 15 is 0 Å². The molecule has 0 aliphatic heterocycles. The Bertz CT molecular complexity index is 656. The molecule has 0 spiro atoms. The summed E-state index contributed by atoms with van der Waals surface area (Å²) in [6.07, 6.45) is 5.22. The van der Waals surface area contributed by atoms with Gasteiger partial charge in [-0.2, -0.15) is 0 Å². The predicted octanol–water partition coefficient (Wildman–Crippen LogP) is 3.69. The molecule has 1 aliphatic rings. The number of nitrogen functional groups attached to an aromatic ring is 1. The van der Waals surface area contributed by atoms with Crippen LogP contribution in [0.5, 0.6) is 0 Å². The van der Waals surface area contributed by atoms with E-state index in [4.69, 9.17) is 10.7 Å². The van der Waals surface area contributed by atoms with Gasteiger partial charge in [0.15, 0.2) is 0 Å². The molecule has 0 aromatic carbocycles. The number of aromatic nitrogens is 3. The van der Waals surface area contributed by atoms with Gasteiger partial charge in [0.25, 0.3) is 0 Å². The fourth-order valence-electron chi connectivity index (χ4n) is 3.72. The Labute approximate surface area is 120 Å². The van der Waals surface area contributed by atoms with Crippen molar-refractivity contribution in [3.63, 3.8) is 0 Å². The second-order valence-electron chi connectivity index (χ2n) is 6.26. The van der Waals surface area contributed by atoms with Gasteiger partial charge in [-0.05, 0) is 45.1 Å². The van der Waals surface area contributed by atoms with Crippen molar-refractivity contribution in [3.05, 3.63) is 17.1 Å². The minimum absolute atomic E-state index is 0.550. The molecular weight excluding hydrogens is 248 g/mol. The lowest BCUT2D eigenvalue weighted by molar-refractivity contribution is 0.259. The van der Waals surface area contributed by atoms with Gasteiger partial charge in [0.1, 0.15) is 17.3 Å². The first kappa shape index (κ1) is 13.4. The van der Waals surface area contributed by atoms with Crippen LogP contribution in [0.15, 0.2) is 0 Å². The van der Waals surface area contributed by atoms with Crippen LogP contribution in [0.25, 0.3) is 11.0 Å². The Balaban J connectivity index is 2.27. The number of fused-ring (bicyclic) bond motifs is 1. The van der Waals surface area contributed by atoms with E-state index < -0.39 is 0 Å². The van der Waals surface area contributed by atoms with Gasteiger partial charge in [0.2, 0.25) is 0 Å². The van der Waals surface area contributed by atoms with E-state index in [2.05, 4.69) is 30.3 Å². The highest BCUT2D eigenvalue weighted by molar-refractivity contribution is 5.91. The quantitative estimate of drug-likeness (QED) is 0.861.